The summed E-state index contributed by atoms with van der Waals surface area (Å²) >= 11 is 0. The van der Waals surface area contributed by atoms with Gasteiger partial charge in [-0.2, -0.15) is 10.2 Å². The van der Waals surface area contributed by atoms with Gasteiger partial charge in [0.25, 0.3) is 0 Å². The number of aromatic nitrogens is 4. The SMILES string of the molecule is CC/C=C1/C(c2cnn(C(CC)CC)c2)=NC(c2cnn(C3CN(S(C)=O)C3)c2)=CN1C. The van der Waals surface area contributed by atoms with Gasteiger partial charge < -0.3 is 4.90 Å². The van der Waals surface area contributed by atoms with Crippen LogP contribution in [0.15, 0.2) is 47.8 Å². The summed E-state index contributed by atoms with van der Waals surface area (Å²) in [6.07, 6.45) is 17.0. The Hall–Kier alpha value is -2.52. The first kappa shape index (κ1) is 22.7. The number of hydrogen-bond acceptors (Lipinski definition) is 5. The van der Waals surface area contributed by atoms with Gasteiger partial charge in [0.15, 0.2) is 0 Å². The Morgan fingerprint density at radius 3 is 2.50 bits per heavy atom. The number of aliphatic imine (C=N–C) groups is 1. The van der Waals surface area contributed by atoms with Gasteiger partial charge in [-0.05, 0) is 19.3 Å². The van der Waals surface area contributed by atoms with Crippen molar-refractivity contribution in [1.29, 1.82) is 0 Å². The van der Waals surface area contributed by atoms with E-state index in [0.29, 0.717) is 6.04 Å². The normalized spacial score (nSPS) is 19.9. The number of allylic oxidation sites excluding steroid dienone is 2. The fourth-order valence-electron chi connectivity index (χ4n) is 4.20. The van der Waals surface area contributed by atoms with Crippen molar-refractivity contribution in [3.63, 3.8) is 0 Å². The maximum absolute atomic E-state index is 11.6. The molecule has 2 aromatic rings. The van der Waals surface area contributed by atoms with E-state index in [-0.39, 0.29) is 6.04 Å². The molecule has 2 aliphatic heterocycles. The largest absolute Gasteiger partial charge is 0.347 e. The van der Waals surface area contributed by atoms with Gasteiger partial charge in [0.2, 0.25) is 0 Å². The first-order valence-corrected chi connectivity index (χ1v) is 12.9. The molecule has 32 heavy (non-hydrogen) atoms. The van der Waals surface area contributed by atoms with E-state index in [2.05, 4.69) is 66.1 Å². The number of likely N-dealkylation sites (N-methyl/N-ethyl adjacent to an activating group) is 1. The average Bonchev–Trinajstić information content (AvgIpc) is 3.39. The highest BCUT2D eigenvalue weighted by molar-refractivity contribution is 7.81. The fourth-order valence-corrected chi connectivity index (χ4v) is 4.96. The van der Waals surface area contributed by atoms with Crippen LogP contribution >= 0.6 is 0 Å². The molecule has 1 fully saturated rings. The molecular formula is C23H33N7OS. The molecule has 1 saturated heterocycles. The fraction of sp³-hybridized carbons (Fsp3) is 0.522. The lowest BCUT2D eigenvalue weighted by atomic mass is 10.1. The van der Waals surface area contributed by atoms with Gasteiger partial charge >= 0.3 is 0 Å². The van der Waals surface area contributed by atoms with Crippen molar-refractivity contribution in [2.24, 2.45) is 4.99 Å². The summed E-state index contributed by atoms with van der Waals surface area (Å²) in [5.74, 6) is 0. The smallest absolute Gasteiger partial charge is 0.0974 e. The van der Waals surface area contributed by atoms with Crippen LogP contribution in [0, 0.1) is 0 Å². The number of hydrogen-bond donors (Lipinski definition) is 0. The average molecular weight is 456 g/mol. The van der Waals surface area contributed by atoms with Crippen molar-refractivity contribution in [3.8, 4) is 0 Å². The Morgan fingerprint density at radius 1 is 1.12 bits per heavy atom. The molecule has 4 heterocycles. The summed E-state index contributed by atoms with van der Waals surface area (Å²) in [6, 6.07) is 0.656. The second-order valence-electron chi connectivity index (χ2n) is 8.40. The van der Waals surface area contributed by atoms with E-state index in [9.17, 15) is 4.21 Å². The van der Waals surface area contributed by atoms with Crippen LogP contribution in [0.5, 0.6) is 0 Å². The molecule has 0 saturated carbocycles. The minimum atomic E-state index is -0.917. The van der Waals surface area contributed by atoms with Gasteiger partial charge in [-0.3, -0.25) is 9.36 Å². The summed E-state index contributed by atoms with van der Waals surface area (Å²) in [4.78, 5) is 7.20. The zero-order valence-corrected chi connectivity index (χ0v) is 20.4. The standard InChI is InChI=1S/C23H33N7OS/c1-6-9-22-23(18-11-25-29(13-18)19(7-2)8-3)26-21(16-27(22)4)17-10-24-30(12-17)20-14-28(15-20)32(5)31/h9-13,16,19-20H,6-8,14-15H2,1-5H3/b22-9-. The minimum Gasteiger partial charge on any atom is -0.347 e. The molecule has 2 aromatic heterocycles. The Bertz CT molecular complexity index is 1070. The molecule has 1 unspecified atom stereocenters. The zero-order valence-electron chi connectivity index (χ0n) is 19.6. The molecule has 0 spiro atoms. The van der Waals surface area contributed by atoms with Gasteiger partial charge in [-0.25, -0.2) is 13.5 Å². The molecule has 4 rings (SSSR count). The van der Waals surface area contributed by atoms with Crippen LogP contribution in [0.2, 0.25) is 0 Å². The van der Waals surface area contributed by atoms with Gasteiger partial charge in [0, 0.05) is 56.1 Å². The molecule has 0 bridgehead atoms. The van der Waals surface area contributed by atoms with E-state index < -0.39 is 11.0 Å². The lowest BCUT2D eigenvalue weighted by Crippen LogP contribution is -2.48. The van der Waals surface area contributed by atoms with Crippen LogP contribution in [0.3, 0.4) is 0 Å². The molecule has 0 radical (unpaired) electrons. The molecule has 0 amide bonds. The van der Waals surface area contributed by atoms with E-state index in [4.69, 9.17) is 4.99 Å². The third-order valence-corrected chi connectivity index (χ3v) is 7.25. The Kier molecular flexibility index (Phi) is 6.76. The first-order chi connectivity index (χ1) is 15.4. The van der Waals surface area contributed by atoms with Gasteiger partial charge in [0.05, 0.1) is 52.6 Å². The molecule has 1 atom stereocenters. The lowest BCUT2D eigenvalue weighted by Gasteiger charge is -2.36. The van der Waals surface area contributed by atoms with Crippen LogP contribution in [0.1, 0.15) is 63.2 Å². The third-order valence-electron chi connectivity index (χ3n) is 6.22. The molecule has 0 aliphatic carbocycles. The highest BCUT2D eigenvalue weighted by Gasteiger charge is 2.31. The summed E-state index contributed by atoms with van der Waals surface area (Å²) in [5, 5.41) is 9.21. The van der Waals surface area contributed by atoms with Crippen LogP contribution in [0.4, 0.5) is 0 Å². The van der Waals surface area contributed by atoms with E-state index in [0.717, 1.165) is 60.6 Å². The Balaban J connectivity index is 1.63. The first-order valence-electron chi connectivity index (χ1n) is 11.4. The van der Waals surface area contributed by atoms with Gasteiger partial charge in [-0.1, -0.05) is 26.8 Å². The van der Waals surface area contributed by atoms with Gasteiger partial charge in [0.1, 0.15) is 0 Å². The predicted molar refractivity (Wildman–Crippen MR) is 129 cm³/mol. The second-order valence-corrected chi connectivity index (χ2v) is 9.76. The van der Waals surface area contributed by atoms with Gasteiger partial charge in [-0.15, -0.1) is 0 Å². The van der Waals surface area contributed by atoms with Crippen LogP contribution < -0.4 is 0 Å². The van der Waals surface area contributed by atoms with Crippen molar-refractivity contribution in [2.75, 3.05) is 26.4 Å². The molecule has 0 aromatic carbocycles. The zero-order chi connectivity index (χ0) is 22.8. The quantitative estimate of drug-likeness (QED) is 0.610. The molecule has 8 nitrogen and oxygen atoms in total. The Labute approximate surface area is 192 Å². The van der Waals surface area contributed by atoms with Crippen molar-refractivity contribution >= 4 is 22.4 Å². The van der Waals surface area contributed by atoms with Crippen LogP contribution in [-0.2, 0) is 11.0 Å². The molecule has 2 aliphatic rings. The van der Waals surface area contributed by atoms with Crippen molar-refractivity contribution in [1.82, 2.24) is 28.8 Å². The lowest BCUT2D eigenvalue weighted by molar-refractivity contribution is 0.200. The Morgan fingerprint density at radius 2 is 1.84 bits per heavy atom. The third kappa shape index (κ3) is 4.36. The van der Waals surface area contributed by atoms with Crippen LogP contribution in [-0.4, -0.2) is 65.1 Å². The van der Waals surface area contributed by atoms with Crippen molar-refractivity contribution in [3.05, 3.63) is 53.9 Å². The minimum absolute atomic E-state index is 0.256. The van der Waals surface area contributed by atoms with Crippen molar-refractivity contribution in [2.45, 2.75) is 52.1 Å². The predicted octanol–water partition coefficient (Wildman–Crippen LogP) is 3.62. The maximum Gasteiger partial charge on any atom is 0.0974 e. The summed E-state index contributed by atoms with van der Waals surface area (Å²) in [7, 11) is 1.14. The topological polar surface area (TPSA) is 71.5 Å². The van der Waals surface area contributed by atoms with E-state index in [1.54, 1.807) is 6.26 Å². The van der Waals surface area contributed by atoms with Crippen LogP contribution in [0.25, 0.3) is 5.70 Å². The number of nitrogens with zero attached hydrogens (tertiary/aromatic N) is 7. The van der Waals surface area contributed by atoms with E-state index in [1.165, 1.54) is 0 Å². The highest BCUT2D eigenvalue weighted by atomic mass is 32.2. The molecular weight excluding hydrogens is 422 g/mol. The molecule has 9 heteroatoms. The van der Waals surface area contributed by atoms with E-state index in [1.807, 2.05) is 27.6 Å². The summed E-state index contributed by atoms with van der Waals surface area (Å²) in [6.45, 7) is 8.05. The second kappa shape index (κ2) is 9.54. The highest BCUT2D eigenvalue weighted by Crippen LogP contribution is 2.29. The summed E-state index contributed by atoms with van der Waals surface area (Å²) in [5.41, 5.74) is 4.92. The molecule has 172 valence electrons. The van der Waals surface area contributed by atoms with E-state index >= 15 is 0 Å². The number of rotatable bonds is 8. The summed E-state index contributed by atoms with van der Waals surface area (Å²) < 4.78 is 17.6. The monoisotopic (exact) mass is 455 g/mol. The van der Waals surface area contributed by atoms with Crippen molar-refractivity contribution < 1.29 is 4.21 Å². The molecule has 0 N–H and O–H groups in total. The maximum atomic E-state index is 11.6.